The molecule has 0 aromatic heterocycles. The van der Waals surface area contributed by atoms with Gasteiger partial charge in [-0.05, 0) is 31.7 Å². The van der Waals surface area contributed by atoms with Crippen molar-refractivity contribution in [3.05, 3.63) is 29.8 Å². The van der Waals surface area contributed by atoms with Crippen LogP contribution in [0.15, 0.2) is 24.3 Å². The van der Waals surface area contributed by atoms with E-state index < -0.39 is 5.97 Å². The molecular weight excluding hydrogens is 308 g/mol. The number of rotatable bonds is 10. The predicted molar refractivity (Wildman–Crippen MR) is 93.2 cm³/mol. The maximum absolute atomic E-state index is 12.1. The van der Waals surface area contributed by atoms with Crippen molar-refractivity contribution in [2.24, 2.45) is 5.92 Å². The molecular formula is C18H28N2O4. The maximum Gasteiger partial charge on any atom is 0.315 e. The Labute approximate surface area is 143 Å². The normalized spacial score (nSPS) is 11.8. The average molecular weight is 336 g/mol. The number of aliphatic carboxylic acids is 1. The lowest BCUT2D eigenvalue weighted by Gasteiger charge is -2.23. The fraction of sp³-hybridized carbons (Fsp3) is 0.556. The highest BCUT2D eigenvalue weighted by atomic mass is 16.5. The van der Waals surface area contributed by atoms with Gasteiger partial charge in [0.25, 0.3) is 0 Å². The Kier molecular flexibility index (Phi) is 8.68. The molecule has 0 fully saturated rings. The molecule has 1 unspecified atom stereocenters. The first kappa shape index (κ1) is 19.8. The number of nitrogens with one attached hydrogen (secondary N) is 2. The van der Waals surface area contributed by atoms with Crippen molar-refractivity contribution in [1.29, 1.82) is 0 Å². The second kappa shape index (κ2) is 10.5. The van der Waals surface area contributed by atoms with Crippen molar-refractivity contribution >= 4 is 12.0 Å². The van der Waals surface area contributed by atoms with Crippen molar-refractivity contribution in [3.8, 4) is 5.75 Å². The summed E-state index contributed by atoms with van der Waals surface area (Å²) < 4.78 is 5.67. The molecule has 1 aromatic rings. The number of carbonyl (C=O) groups is 2. The summed E-state index contributed by atoms with van der Waals surface area (Å²) >= 11 is 0. The molecule has 6 heteroatoms. The number of urea groups is 1. The quantitative estimate of drug-likeness (QED) is 0.572. The van der Waals surface area contributed by atoms with E-state index in [1.165, 1.54) is 0 Å². The largest absolute Gasteiger partial charge is 0.494 e. The van der Waals surface area contributed by atoms with Gasteiger partial charge in [-0.3, -0.25) is 4.79 Å². The van der Waals surface area contributed by atoms with Gasteiger partial charge in [-0.25, -0.2) is 4.79 Å². The second-order valence-corrected chi connectivity index (χ2v) is 6.05. The Morgan fingerprint density at radius 3 is 2.58 bits per heavy atom. The summed E-state index contributed by atoms with van der Waals surface area (Å²) in [5, 5.41) is 14.3. The average Bonchev–Trinajstić information content (AvgIpc) is 2.51. The van der Waals surface area contributed by atoms with E-state index in [2.05, 4.69) is 24.5 Å². The van der Waals surface area contributed by atoms with Gasteiger partial charge in [-0.2, -0.15) is 0 Å². The molecule has 0 saturated heterocycles. The number of carboxylic acids is 1. The number of carboxylic acid groups (broad SMARTS) is 1. The summed E-state index contributed by atoms with van der Waals surface area (Å²) in [7, 11) is 0. The third-order valence-electron chi connectivity index (χ3n) is 3.46. The molecule has 0 saturated carbocycles. The summed E-state index contributed by atoms with van der Waals surface area (Å²) in [6.07, 6.45) is 1.24. The summed E-state index contributed by atoms with van der Waals surface area (Å²) in [6, 6.07) is 7.25. The van der Waals surface area contributed by atoms with E-state index in [-0.39, 0.29) is 18.5 Å². The lowest BCUT2D eigenvalue weighted by atomic mass is 9.96. The molecule has 0 aliphatic carbocycles. The zero-order valence-electron chi connectivity index (χ0n) is 14.7. The van der Waals surface area contributed by atoms with E-state index in [9.17, 15) is 9.59 Å². The standard InChI is InChI=1S/C18H28N2O4/c1-4-24-16-9-6-5-8-14(16)15(12-13(2)3)20-18(23)19-11-7-10-17(21)22/h5-6,8-9,13,15H,4,7,10-12H2,1-3H3,(H,21,22)(H2,19,20,23). The Bertz CT molecular complexity index is 532. The van der Waals surface area contributed by atoms with E-state index in [1.807, 2.05) is 31.2 Å². The van der Waals surface area contributed by atoms with Gasteiger partial charge in [0.1, 0.15) is 5.75 Å². The second-order valence-electron chi connectivity index (χ2n) is 6.05. The molecule has 134 valence electrons. The van der Waals surface area contributed by atoms with Crippen LogP contribution < -0.4 is 15.4 Å². The fourth-order valence-corrected chi connectivity index (χ4v) is 2.44. The molecule has 0 aliphatic heterocycles. The van der Waals surface area contributed by atoms with Crippen LogP contribution in [0.3, 0.4) is 0 Å². The smallest absolute Gasteiger partial charge is 0.315 e. The molecule has 6 nitrogen and oxygen atoms in total. The lowest BCUT2D eigenvalue weighted by Crippen LogP contribution is -2.39. The molecule has 24 heavy (non-hydrogen) atoms. The number of benzene rings is 1. The highest BCUT2D eigenvalue weighted by molar-refractivity contribution is 5.74. The van der Waals surface area contributed by atoms with Crippen molar-refractivity contribution in [2.75, 3.05) is 13.2 Å². The Hall–Kier alpha value is -2.24. The summed E-state index contributed by atoms with van der Waals surface area (Å²) in [4.78, 5) is 22.6. The van der Waals surface area contributed by atoms with E-state index in [0.717, 1.165) is 17.7 Å². The van der Waals surface area contributed by atoms with Crippen LogP contribution >= 0.6 is 0 Å². The molecule has 0 heterocycles. The van der Waals surface area contributed by atoms with Crippen LogP contribution in [0.2, 0.25) is 0 Å². The Morgan fingerprint density at radius 2 is 1.96 bits per heavy atom. The SMILES string of the molecule is CCOc1ccccc1C(CC(C)C)NC(=O)NCCCC(=O)O. The van der Waals surface area contributed by atoms with Crippen molar-refractivity contribution in [2.45, 2.75) is 46.1 Å². The zero-order valence-corrected chi connectivity index (χ0v) is 14.7. The molecule has 1 atom stereocenters. The summed E-state index contributed by atoms with van der Waals surface area (Å²) in [5.41, 5.74) is 0.953. The first-order valence-corrected chi connectivity index (χ1v) is 8.41. The molecule has 2 amide bonds. The fourth-order valence-electron chi connectivity index (χ4n) is 2.44. The molecule has 0 aliphatic rings. The molecule has 0 bridgehead atoms. The van der Waals surface area contributed by atoms with Crippen LogP contribution in [-0.2, 0) is 4.79 Å². The molecule has 1 aromatic carbocycles. The van der Waals surface area contributed by atoms with Crippen LogP contribution in [0.1, 0.15) is 51.6 Å². The van der Waals surface area contributed by atoms with Gasteiger partial charge in [0, 0.05) is 18.5 Å². The van der Waals surface area contributed by atoms with E-state index in [4.69, 9.17) is 9.84 Å². The molecule has 0 radical (unpaired) electrons. The van der Waals surface area contributed by atoms with Gasteiger partial charge in [0.05, 0.1) is 12.6 Å². The van der Waals surface area contributed by atoms with Gasteiger partial charge >= 0.3 is 12.0 Å². The topological polar surface area (TPSA) is 87.7 Å². The molecule has 1 rings (SSSR count). The number of para-hydroxylation sites is 1. The number of amides is 2. The van der Waals surface area contributed by atoms with Gasteiger partial charge < -0.3 is 20.5 Å². The van der Waals surface area contributed by atoms with E-state index in [0.29, 0.717) is 25.5 Å². The minimum Gasteiger partial charge on any atom is -0.494 e. The first-order chi connectivity index (χ1) is 11.4. The number of hydrogen-bond donors (Lipinski definition) is 3. The predicted octanol–water partition coefficient (Wildman–Crippen LogP) is 3.34. The highest BCUT2D eigenvalue weighted by Crippen LogP contribution is 2.29. The van der Waals surface area contributed by atoms with Crippen molar-refractivity contribution < 1.29 is 19.4 Å². The maximum atomic E-state index is 12.1. The van der Waals surface area contributed by atoms with E-state index in [1.54, 1.807) is 0 Å². The summed E-state index contributed by atoms with van der Waals surface area (Å²) in [6.45, 7) is 7.02. The molecule has 0 spiro atoms. The highest BCUT2D eigenvalue weighted by Gasteiger charge is 2.19. The van der Waals surface area contributed by atoms with Crippen LogP contribution in [-0.4, -0.2) is 30.3 Å². The van der Waals surface area contributed by atoms with Gasteiger partial charge in [-0.15, -0.1) is 0 Å². The van der Waals surface area contributed by atoms with Crippen molar-refractivity contribution in [3.63, 3.8) is 0 Å². The number of ether oxygens (including phenoxy) is 1. The van der Waals surface area contributed by atoms with Gasteiger partial charge in [0.2, 0.25) is 0 Å². The lowest BCUT2D eigenvalue weighted by molar-refractivity contribution is -0.137. The van der Waals surface area contributed by atoms with Gasteiger partial charge in [0.15, 0.2) is 0 Å². The first-order valence-electron chi connectivity index (χ1n) is 8.41. The van der Waals surface area contributed by atoms with Crippen LogP contribution in [0.25, 0.3) is 0 Å². The number of carbonyl (C=O) groups excluding carboxylic acids is 1. The Balaban J connectivity index is 2.72. The monoisotopic (exact) mass is 336 g/mol. The third-order valence-corrected chi connectivity index (χ3v) is 3.46. The summed E-state index contributed by atoms with van der Waals surface area (Å²) in [5.74, 6) is 0.314. The van der Waals surface area contributed by atoms with Crippen LogP contribution in [0.5, 0.6) is 5.75 Å². The molecule has 3 N–H and O–H groups in total. The third kappa shape index (κ3) is 7.35. The van der Waals surface area contributed by atoms with Gasteiger partial charge in [-0.1, -0.05) is 32.0 Å². The van der Waals surface area contributed by atoms with Crippen LogP contribution in [0, 0.1) is 5.92 Å². The minimum atomic E-state index is -0.861. The Morgan fingerprint density at radius 1 is 1.25 bits per heavy atom. The van der Waals surface area contributed by atoms with Crippen molar-refractivity contribution in [1.82, 2.24) is 10.6 Å². The number of hydrogen-bond acceptors (Lipinski definition) is 3. The minimum absolute atomic E-state index is 0.0445. The zero-order chi connectivity index (χ0) is 17.9. The van der Waals surface area contributed by atoms with E-state index >= 15 is 0 Å². The van der Waals surface area contributed by atoms with Crippen LogP contribution in [0.4, 0.5) is 4.79 Å².